The van der Waals surface area contributed by atoms with Gasteiger partial charge < -0.3 is 15.4 Å². The minimum absolute atomic E-state index is 0. The van der Waals surface area contributed by atoms with Crippen LogP contribution >= 0.6 is 39.9 Å². The summed E-state index contributed by atoms with van der Waals surface area (Å²) in [4.78, 5) is 10.3. The molecule has 0 radical (unpaired) electrons. The van der Waals surface area contributed by atoms with E-state index in [0.717, 1.165) is 21.3 Å². The van der Waals surface area contributed by atoms with Crippen LogP contribution in [0, 0.1) is 10.1 Å². The molecule has 6 nitrogen and oxygen atoms in total. The summed E-state index contributed by atoms with van der Waals surface area (Å²) in [6, 6.07) is 20.4. The van der Waals surface area contributed by atoms with Crippen molar-refractivity contribution in [3.63, 3.8) is 0 Å². The van der Waals surface area contributed by atoms with Crippen LogP contribution in [0.25, 0.3) is 0 Å². The van der Waals surface area contributed by atoms with Crippen LogP contribution < -0.4 is 15.4 Å². The van der Waals surface area contributed by atoms with Crippen molar-refractivity contribution in [2.75, 3.05) is 18.4 Å². The predicted molar refractivity (Wildman–Crippen MR) is 130 cm³/mol. The molecule has 9 heteroatoms. The zero-order chi connectivity index (χ0) is 21.3. The maximum atomic E-state index is 10.8. The smallest absolute Gasteiger partial charge is 0.271 e. The van der Waals surface area contributed by atoms with Gasteiger partial charge in [-0.3, -0.25) is 10.1 Å². The number of non-ortho nitro benzene ring substituents is 1. The standard InChI is InChI=1S/C22H21BrClN3O3.ClH/c23-19-12-17(6-9-22(19)30-15-16-4-2-1-3-5-16)14-25-10-11-26-21-8-7-18(27(28)29)13-20(21)24;/h1-9,12-13,25-26H,10-11,14-15H2;1H. The van der Waals surface area contributed by atoms with E-state index in [0.29, 0.717) is 37.0 Å². The number of halogens is 3. The first-order valence-electron chi connectivity index (χ1n) is 9.36. The summed E-state index contributed by atoms with van der Waals surface area (Å²) >= 11 is 9.64. The lowest BCUT2D eigenvalue weighted by Crippen LogP contribution is -2.21. The highest BCUT2D eigenvalue weighted by atomic mass is 79.9. The maximum absolute atomic E-state index is 10.8. The van der Waals surface area contributed by atoms with Crippen molar-refractivity contribution >= 4 is 51.3 Å². The summed E-state index contributed by atoms with van der Waals surface area (Å²) in [5, 5.41) is 17.6. The van der Waals surface area contributed by atoms with E-state index >= 15 is 0 Å². The molecule has 31 heavy (non-hydrogen) atoms. The van der Waals surface area contributed by atoms with Crippen molar-refractivity contribution in [3.05, 3.63) is 97.5 Å². The SMILES string of the molecule is Cl.O=[N+]([O-])c1ccc(NCCNCc2ccc(OCc3ccccc3)c(Br)c2)c(Cl)c1. The van der Waals surface area contributed by atoms with Crippen LogP contribution in [0.3, 0.4) is 0 Å². The zero-order valence-electron chi connectivity index (χ0n) is 16.5. The van der Waals surface area contributed by atoms with Crippen molar-refractivity contribution in [1.82, 2.24) is 5.32 Å². The lowest BCUT2D eigenvalue weighted by Gasteiger charge is -2.11. The molecular formula is C22H22BrCl2N3O3. The van der Waals surface area contributed by atoms with E-state index in [-0.39, 0.29) is 18.1 Å². The van der Waals surface area contributed by atoms with Crippen LogP contribution in [-0.4, -0.2) is 18.0 Å². The molecule has 3 aromatic carbocycles. The normalized spacial score (nSPS) is 10.3. The van der Waals surface area contributed by atoms with Gasteiger partial charge >= 0.3 is 0 Å². The highest BCUT2D eigenvalue weighted by molar-refractivity contribution is 9.10. The van der Waals surface area contributed by atoms with Crippen LogP contribution in [0.1, 0.15) is 11.1 Å². The van der Waals surface area contributed by atoms with E-state index in [1.54, 1.807) is 6.07 Å². The Hall–Kier alpha value is -2.32. The number of nitro benzene ring substituents is 1. The Morgan fingerprint density at radius 3 is 2.45 bits per heavy atom. The molecule has 0 unspecified atom stereocenters. The second-order valence-corrected chi connectivity index (χ2v) is 7.83. The number of ether oxygens (including phenoxy) is 1. The van der Waals surface area contributed by atoms with Gasteiger partial charge in [0.2, 0.25) is 0 Å². The molecule has 0 aliphatic carbocycles. The summed E-state index contributed by atoms with van der Waals surface area (Å²) in [6.45, 7) is 2.56. The molecule has 0 heterocycles. The Morgan fingerprint density at radius 2 is 1.77 bits per heavy atom. The van der Waals surface area contributed by atoms with Crippen LogP contribution in [0.5, 0.6) is 5.75 Å². The number of nitro groups is 1. The Kier molecular flexibility index (Phi) is 10.1. The average Bonchev–Trinajstić information content (AvgIpc) is 2.74. The third kappa shape index (κ3) is 7.70. The molecule has 0 fully saturated rings. The fourth-order valence-electron chi connectivity index (χ4n) is 2.79. The van der Waals surface area contributed by atoms with E-state index < -0.39 is 4.92 Å². The van der Waals surface area contributed by atoms with Gasteiger partial charge in [0.1, 0.15) is 12.4 Å². The minimum Gasteiger partial charge on any atom is -0.488 e. The molecule has 0 amide bonds. The monoisotopic (exact) mass is 525 g/mol. The topological polar surface area (TPSA) is 76.4 Å². The molecular weight excluding hydrogens is 505 g/mol. The maximum Gasteiger partial charge on any atom is 0.271 e. The summed E-state index contributed by atoms with van der Waals surface area (Å²) in [5.41, 5.74) is 2.90. The Morgan fingerprint density at radius 1 is 1.00 bits per heavy atom. The first kappa shape index (κ1) is 24.9. The highest BCUT2D eigenvalue weighted by Crippen LogP contribution is 2.27. The van der Waals surface area contributed by atoms with Gasteiger partial charge in [0, 0.05) is 31.8 Å². The molecule has 0 aromatic heterocycles. The van der Waals surface area contributed by atoms with Crippen LogP contribution in [0.2, 0.25) is 5.02 Å². The number of hydrogen-bond donors (Lipinski definition) is 2. The van der Waals surface area contributed by atoms with Crippen molar-refractivity contribution in [3.8, 4) is 5.75 Å². The summed E-state index contributed by atoms with van der Waals surface area (Å²) in [5.74, 6) is 0.803. The van der Waals surface area contributed by atoms with Crippen LogP contribution in [-0.2, 0) is 13.2 Å². The molecule has 3 aromatic rings. The Balaban J connectivity index is 0.00000341. The Bertz CT molecular complexity index is 1010. The van der Waals surface area contributed by atoms with Gasteiger partial charge in [-0.1, -0.05) is 48.0 Å². The van der Waals surface area contributed by atoms with Gasteiger partial charge in [-0.05, 0) is 45.3 Å². The van der Waals surface area contributed by atoms with E-state index in [4.69, 9.17) is 16.3 Å². The van der Waals surface area contributed by atoms with Crippen molar-refractivity contribution < 1.29 is 9.66 Å². The van der Waals surface area contributed by atoms with E-state index in [1.807, 2.05) is 48.5 Å². The molecule has 0 saturated heterocycles. The van der Waals surface area contributed by atoms with Crippen LogP contribution in [0.4, 0.5) is 11.4 Å². The fourth-order valence-corrected chi connectivity index (χ4v) is 3.57. The molecule has 0 aliphatic heterocycles. The third-order valence-electron chi connectivity index (χ3n) is 4.34. The van der Waals surface area contributed by atoms with Gasteiger partial charge in [0.25, 0.3) is 5.69 Å². The second-order valence-electron chi connectivity index (χ2n) is 6.56. The number of nitrogens with zero attached hydrogens (tertiary/aromatic N) is 1. The molecule has 164 valence electrons. The molecule has 0 aliphatic rings. The first-order valence-corrected chi connectivity index (χ1v) is 10.5. The first-order chi connectivity index (χ1) is 14.5. The quantitative estimate of drug-likeness (QED) is 0.186. The van der Waals surface area contributed by atoms with E-state index in [1.165, 1.54) is 12.1 Å². The Labute approximate surface area is 200 Å². The lowest BCUT2D eigenvalue weighted by atomic mass is 10.2. The fraction of sp³-hybridized carbons (Fsp3) is 0.182. The molecule has 0 saturated carbocycles. The van der Waals surface area contributed by atoms with Gasteiger partial charge in [0.05, 0.1) is 20.1 Å². The van der Waals surface area contributed by atoms with Crippen molar-refractivity contribution in [2.24, 2.45) is 0 Å². The molecule has 3 rings (SSSR count). The van der Waals surface area contributed by atoms with Gasteiger partial charge in [-0.25, -0.2) is 0 Å². The second kappa shape index (κ2) is 12.5. The zero-order valence-corrected chi connectivity index (χ0v) is 19.7. The van der Waals surface area contributed by atoms with E-state index in [2.05, 4.69) is 26.6 Å². The van der Waals surface area contributed by atoms with Gasteiger partial charge in [-0.15, -0.1) is 12.4 Å². The number of rotatable bonds is 10. The number of anilines is 1. The summed E-state index contributed by atoms with van der Waals surface area (Å²) in [6.07, 6.45) is 0. The molecule has 0 spiro atoms. The number of nitrogens with one attached hydrogen (secondary N) is 2. The number of benzene rings is 3. The van der Waals surface area contributed by atoms with Crippen molar-refractivity contribution in [1.29, 1.82) is 0 Å². The molecule has 0 atom stereocenters. The third-order valence-corrected chi connectivity index (χ3v) is 5.28. The van der Waals surface area contributed by atoms with Crippen molar-refractivity contribution in [2.45, 2.75) is 13.2 Å². The highest BCUT2D eigenvalue weighted by Gasteiger charge is 2.09. The summed E-state index contributed by atoms with van der Waals surface area (Å²) in [7, 11) is 0. The number of hydrogen-bond acceptors (Lipinski definition) is 5. The predicted octanol–water partition coefficient (Wildman–Crippen LogP) is 6.21. The molecule has 2 N–H and O–H groups in total. The van der Waals surface area contributed by atoms with Gasteiger partial charge in [0.15, 0.2) is 0 Å². The van der Waals surface area contributed by atoms with E-state index in [9.17, 15) is 10.1 Å². The molecule has 0 bridgehead atoms. The summed E-state index contributed by atoms with van der Waals surface area (Å²) < 4.78 is 6.78. The largest absolute Gasteiger partial charge is 0.488 e. The minimum atomic E-state index is -0.465. The van der Waals surface area contributed by atoms with Gasteiger partial charge in [-0.2, -0.15) is 0 Å². The lowest BCUT2D eigenvalue weighted by molar-refractivity contribution is -0.384. The average molecular weight is 527 g/mol. The van der Waals surface area contributed by atoms with Crippen LogP contribution in [0.15, 0.2) is 71.2 Å².